The average molecular weight is 337 g/mol. The average Bonchev–Trinajstić information content (AvgIpc) is 2.47. The lowest BCUT2D eigenvalue weighted by atomic mass is 10.1. The van der Waals surface area contributed by atoms with E-state index >= 15 is 0 Å². The van der Waals surface area contributed by atoms with Crippen LogP contribution in [0.25, 0.3) is 0 Å². The summed E-state index contributed by atoms with van der Waals surface area (Å²) in [5.41, 5.74) is 0.246. The number of esters is 1. The minimum atomic E-state index is -0.808. The van der Waals surface area contributed by atoms with Gasteiger partial charge in [-0.05, 0) is 52.3 Å². The van der Waals surface area contributed by atoms with Gasteiger partial charge in [0.1, 0.15) is 17.4 Å². The molecule has 134 valence electrons. The fourth-order valence-electron chi connectivity index (χ4n) is 2.01. The Morgan fingerprint density at radius 1 is 1.08 bits per heavy atom. The van der Waals surface area contributed by atoms with Gasteiger partial charge in [0.2, 0.25) is 0 Å². The van der Waals surface area contributed by atoms with Crippen LogP contribution >= 0.6 is 0 Å². The Balaban J connectivity index is 2.78. The molecule has 0 aromatic heterocycles. The quantitative estimate of drug-likeness (QED) is 0.774. The van der Waals surface area contributed by atoms with E-state index in [0.29, 0.717) is 13.0 Å². The van der Waals surface area contributed by atoms with Crippen LogP contribution in [0.4, 0.5) is 4.79 Å². The predicted molar refractivity (Wildman–Crippen MR) is 91.1 cm³/mol. The summed E-state index contributed by atoms with van der Waals surface area (Å²) in [6.45, 7) is 9.75. The van der Waals surface area contributed by atoms with Crippen LogP contribution < -0.4 is 10.1 Å². The maximum Gasteiger partial charge on any atom is 0.408 e. The van der Waals surface area contributed by atoms with Crippen LogP contribution in [-0.2, 0) is 20.7 Å². The van der Waals surface area contributed by atoms with Gasteiger partial charge in [0.25, 0.3) is 0 Å². The van der Waals surface area contributed by atoms with Crippen molar-refractivity contribution in [2.75, 3.05) is 13.2 Å². The Morgan fingerprint density at radius 2 is 1.71 bits per heavy atom. The fourth-order valence-corrected chi connectivity index (χ4v) is 2.01. The monoisotopic (exact) mass is 337 g/mol. The Kier molecular flexibility index (Phi) is 7.55. The number of hydrogen-bond donors (Lipinski definition) is 1. The van der Waals surface area contributed by atoms with Gasteiger partial charge in [-0.15, -0.1) is 0 Å². The zero-order chi connectivity index (χ0) is 18.2. The van der Waals surface area contributed by atoms with Crippen molar-refractivity contribution < 1.29 is 23.8 Å². The van der Waals surface area contributed by atoms with E-state index in [1.165, 1.54) is 0 Å². The summed E-state index contributed by atoms with van der Waals surface area (Å²) in [7, 11) is 0. The molecule has 0 aliphatic carbocycles. The standard InChI is InChI=1S/C18H27NO5/c1-6-22-14-10-8-13(9-11-14)12-15(16(20)23-7-2)19-17(21)24-18(3,4)5/h8-11,15H,6-7,12H2,1-5H3,(H,19,21)/t15-/m1/s1. The van der Waals surface area contributed by atoms with Gasteiger partial charge in [0, 0.05) is 6.42 Å². The van der Waals surface area contributed by atoms with Gasteiger partial charge in [0.05, 0.1) is 13.2 Å². The molecule has 1 atom stereocenters. The first-order chi connectivity index (χ1) is 11.2. The summed E-state index contributed by atoms with van der Waals surface area (Å²) in [6.07, 6.45) is -0.337. The number of benzene rings is 1. The Hall–Kier alpha value is -2.24. The second-order valence-electron chi connectivity index (χ2n) is 6.23. The molecule has 1 aromatic rings. The van der Waals surface area contributed by atoms with E-state index in [-0.39, 0.29) is 6.61 Å². The fraction of sp³-hybridized carbons (Fsp3) is 0.556. The SMILES string of the molecule is CCOC(=O)[C@@H](Cc1ccc(OCC)cc1)NC(=O)OC(C)(C)C. The van der Waals surface area contributed by atoms with Crippen LogP contribution in [0, 0.1) is 0 Å². The number of rotatable bonds is 7. The van der Waals surface area contributed by atoms with E-state index in [1.54, 1.807) is 27.7 Å². The zero-order valence-electron chi connectivity index (χ0n) is 15.0. The molecule has 1 aromatic carbocycles. The maximum absolute atomic E-state index is 12.1. The summed E-state index contributed by atoms with van der Waals surface area (Å²) < 4.78 is 15.6. The Morgan fingerprint density at radius 3 is 2.21 bits per heavy atom. The van der Waals surface area contributed by atoms with Crippen LogP contribution in [0.2, 0.25) is 0 Å². The van der Waals surface area contributed by atoms with Crippen LogP contribution in [0.15, 0.2) is 24.3 Å². The summed E-state index contributed by atoms with van der Waals surface area (Å²) in [5, 5.41) is 2.58. The number of ether oxygens (including phenoxy) is 3. The van der Waals surface area contributed by atoms with Gasteiger partial charge in [-0.1, -0.05) is 12.1 Å². The second-order valence-corrected chi connectivity index (χ2v) is 6.23. The number of amides is 1. The van der Waals surface area contributed by atoms with Gasteiger partial charge in [0.15, 0.2) is 0 Å². The molecule has 24 heavy (non-hydrogen) atoms. The third-order valence-corrected chi connectivity index (χ3v) is 2.94. The van der Waals surface area contributed by atoms with Crippen molar-refractivity contribution in [2.45, 2.75) is 52.7 Å². The molecule has 0 heterocycles. The van der Waals surface area contributed by atoms with Gasteiger partial charge >= 0.3 is 12.1 Å². The topological polar surface area (TPSA) is 73.9 Å². The molecule has 1 rings (SSSR count). The highest BCUT2D eigenvalue weighted by molar-refractivity contribution is 5.81. The van der Waals surface area contributed by atoms with Crippen LogP contribution in [0.5, 0.6) is 5.75 Å². The summed E-state index contributed by atoms with van der Waals surface area (Å²) in [4.78, 5) is 24.0. The summed E-state index contributed by atoms with van der Waals surface area (Å²) in [5.74, 6) is 0.270. The van der Waals surface area contributed by atoms with E-state index < -0.39 is 23.7 Å². The van der Waals surface area contributed by atoms with Crippen molar-refractivity contribution in [1.29, 1.82) is 0 Å². The van der Waals surface area contributed by atoms with Crippen molar-refractivity contribution in [3.05, 3.63) is 29.8 Å². The Bertz CT molecular complexity index is 533. The van der Waals surface area contributed by atoms with Crippen LogP contribution in [0.3, 0.4) is 0 Å². The molecule has 6 nitrogen and oxygen atoms in total. The normalized spacial score (nSPS) is 12.2. The maximum atomic E-state index is 12.1. The van der Waals surface area contributed by atoms with E-state index in [9.17, 15) is 9.59 Å². The molecule has 0 aliphatic heterocycles. The van der Waals surface area contributed by atoms with Gasteiger partial charge in [-0.3, -0.25) is 0 Å². The van der Waals surface area contributed by atoms with E-state index in [0.717, 1.165) is 11.3 Å². The highest BCUT2D eigenvalue weighted by atomic mass is 16.6. The lowest BCUT2D eigenvalue weighted by Gasteiger charge is -2.23. The minimum absolute atomic E-state index is 0.245. The third kappa shape index (κ3) is 7.35. The van der Waals surface area contributed by atoms with Crippen LogP contribution in [-0.4, -0.2) is 36.9 Å². The molecule has 1 amide bonds. The second kappa shape index (κ2) is 9.15. The van der Waals surface area contributed by atoms with Crippen molar-refractivity contribution in [2.24, 2.45) is 0 Å². The summed E-state index contributed by atoms with van der Waals surface area (Å²) in [6, 6.07) is 6.56. The third-order valence-electron chi connectivity index (χ3n) is 2.94. The van der Waals surface area contributed by atoms with Gasteiger partial charge in [-0.2, -0.15) is 0 Å². The number of hydrogen-bond acceptors (Lipinski definition) is 5. The molecule has 0 aliphatic rings. The molecule has 0 radical (unpaired) electrons. The van der Waals surface area contributed by atoms with E-state index in [4.69, 9.17) is 14.2 Å². The molecule has 0 bridgehead atoms. The highest BCUT2D eigenvalue weighted by Gasteiger charge is 2.25. The molecule has 1 N–H and O–H groups in total. The van der Waals surface area contributed by atoms with E-state index in [2.05, 4.69) is 5.32 Å². The number of nitrogens with one attached hydrogen (secondary N) is 1. The molecule has 0 fully saturated rings. The molecule has 0 saturated heterocycles. The smallest absolute Gasteiger partial charge is 0.408 e. The van der Waals surface area contributed by atoms with Crippen LogP contribution in [0.1, 0.15) is 40.2 Å². The first-order valence-corrected chi connectivity index (χ1v) is 8.13. The minimum Gasteiger partial charge on any atom is -0.494 e. The van der Waals surface area contributed by atoms with Crippen molar-refractivity contribution in [3.63, 3.8) is 0 Å². The van der Waals surface area contributed by atoms with Crippen molar-refractivity contribution in [3.8, 4) is 5.75 Å². The molecular formula is C18H27NO5. The number of alkyl carbamates (subject to hydrolysis) is 1. The van der Waals surface area contributed by atoms with Crippen molar-refractivity contribution >= 4 is 12.1 Å². The lowest BCUT2D eigenvalue weighted by molar-refractivity contribution is -0.145. The molecule has 0 saturated carbocycles. The Labute approximate surface area is 143 Å². The lowest BCUT2D eigenvalue weighted by Crippen LogP contribution is -2.45. The zero-order valence-corrected chi connectivity index (χ0v) is 15.0. The predicted octanol–water partition coefficient (Wildman–Crippen LogP) is 3.08. The van der Waals surface area contributed by atoms with E-state index in [1.807, 2.05) is 31.2 Å². The van der Waals surface area contributed by atoms with Gasteiger partial charge in [-0.25, -0.2) is 9.59 Å². The summed E-state index contributed by atoms with van der Waals surface area (Å²) >= 11 is 0. The van der Waals surface area contributed by atoms with Gasteiger partial charge < -0.3 is 19.5 Å². The van der Waals surface area contributed by atoms with Crippen molar-refractivity contribution in [1.82, 2.24) is 5.32 Å². The highest BCUT2D eigenvalue weighted by Crippen LogP contribution is 2.14. The first kappa shape index (κ1) is 19.8. The molecule has 0 unspecified atom stereocenters. The largest absolute Gasteiger partial charge is 0.494 e. The molecular weight excluding hydrogens is 310 g/mol. The molecule has 6 heteroatoms. The molecule has 0 spiro atoms. The number of carbonyl (C=O) groups excluding carboxylic acids is 2. The number of carbonyl (C=O) groups is 2. The first-order valence-electron chi connectivity index (χ1n) is 8.13.